The van der Waals surface area contributed by atoms with Gasteiger partial charge in [0, 0.05) is 19.3 Å². The van der Waals surface area contributed by atoms with Crippen molar-refractivity contribution in [3.05, 3.63) is 24.3 Å². The Kier molecular flexibility index (Phi) is 5.81. The minimum atomic E-state index is -1.03. The molecule has 0 atom stereocenters. The van der Waals surface area contributed by atoms with Crippen LogP contribution in [0, 0.1) is 0 Å². The normalized spacial score (nSPS) is 10.0. The fraction of sp³-hybridized carbons (Fsp3) is 0.385. The molecule has 0 fully saturated rings. The van der Waals surface area contributed by atoms with Gasteiger partial charge in [-0.2, -0.15) is 0 Å². The van der Waals surface area contributed by atoms with Crippen molar-refractivity contribution in [1.29, 1.82) is 0 Å². The monoisotopic (exact) mass is 267 g/mol. The minimum Gasteiger partial charge on any atom is -0.482 e. The lowest BCUT2D eigenvalue weighted by Gasteiger charge is -2.17. The number of hydrogen-bond acceptors (Lipinski definition) is 4. The smallest absolute Gasteiger partial charge is 0.341 e. The third-order valence-electron chi connectivity index (χ3n) is 2.39. The van der Waals surface area contributed by atoms with Crippen LogP contribution in [0.4, 0.5) is 5.69 Å². The van der Waals surface area contributed by atoms with E-state index >= 15 is 0 Å². The average Bonchev–Trinajstić information content (AvgIpc) is 2.42. The number of rotatable bonds is 7. The van der Waals surface area contributed by atoms with Crippen LogP contribution in [0.1, 0.15) is 6.92 Å². The van der Waals surface area contributed by atoms with E-state index in [4.69, 9.17) is 14.6 Å². The first-order valence-corrected chi connectivity index (χ1v) is 5.83. The first-order chi connectivity index (χ1) is 9.04. The fourth-order valence-corrected chi connectivity index (χ4v) is 1.34. The molecule has 1 amide bonds. The van der Waals surface area contributed by atoms with Gasteiger partial charge in [0.15, 0.2) is 6.61 Å². The van der Waals surface area contributed by atoms with Crippen molar-refractivity contribution >= 4 is 17.6 Å². The van der Waals surface area contributed by atoms with E-state index in [1.165, 1.54) is 4.90 Å². The number of anilines is 1. The van der Waals surface area contributed by atoms with E-state index in [-0.39, 0.29) is 12.5 Å². The number of ether oxygens (including phenoxy) is 2. The predicted molar refractivity (Wildman–Crippen MR) is 69.5 cm³/mol. The van der Waals surface area contributed by atoms with E-state index in [1.54, 1.807) is 31.3 Å². The summed E-state index contributed by atoms with van der Waals surface area (Å²) in [6, 6.07) is 6.59. The summed E-state index contributed by atoms with van der Waals surface area (Å²) in [5.41, 5.74) is 0.687. The molecule has 104 valence electrons. The minimum absolute atomic E-state index is 0.0320. The molecule has 6 heteroatoms. The molecule has 1 aromatic rings. The van der Waals surface area contributed by atoms with Gasteiger partial charge in [0.05, 0.1) is 0 Å². The molecule has 0 spiro atoms. The number of likely N-dealkylation sites (N-methyl/N-ethyl adjacent to an activating group) is 1. The quantitative estimate of drug-likeness (QED) is 0.802. The average molecular weight is 267 g/mol. The summed E-state index contributed by atoms with van der Waals surface area (Å²) < 4.78 is 10.0. The molecule has 1 rings (SSSR count). The predicted octanol–water partition coefficient (Wildman–Crippen LogP) is 1.15. The topological polar surface area (TPSA) is 76.1 Å². The van der Waals surface area contributed by atoms with Crippen LogP contribution < -0.4 is 9.64 Å². The number of nitrogens with zero attached hydrogens (tertiary/aromatic N) is 1. The number of carbonyl (C=O) groups excluding carboxylic acids is 1. The van der Waals surface area contributed by atoms with Gasteiger partial charge in [-0.1, -0.05) is 0 Å². The molecule has 0 aromatic heterocycles. The first-order valence-electron chi connectivity index (χ1n) is 5.83. The molecule has 0 bridgehead atoms. The maximum absolute atomic E-state index is 11.7. The summed E-state index contributed by atoms with van der Waals surface area (Å²) in [5, 5.41) is 8.48. The van der Waals surface area contributed by atoms with Gasteiger partial charge in [0.2, 0.25) is 0 Å². The van der Waals surface area contributed by atoms with Crippen LogP contribution in [-0.4, -0.2) is 43.9 Å². The number of carbonyl (C=O) groups is 2. The molecule has 0 heterocycles. The maximum Gasteiger partial charge on any atom is 0.341 e. The Morgan fingerprint density at radius 3 is 2.37 bits per heavy atom. The summed E-state index contributed by atoms with van der Waals surface area (Å²) in [4.78, 5) is 23.5. The van der Waals surface area contributed by atoms with Crippen molar-refractivity contribution in [2.45, 2.75) is 6.92 Å². The summed E-state index contributed by atoms with van der Waals surface area (Å²) >= 11 is 0. The van der Waals surface area contributed by atoms with Crippen molar-refractivity contribution in [2.75, 3.05) is 31.8 Å². The Bertz CT molecular complexity index is 429. The van der Waals surface area contributed by atoms with Gasteiger partial charge in [-0.15, -0.1) is 0 Å². The van der Waals surface area contributed by atoms with Crippen molar-refractivity contribution in [1.82, 2.24) is 0 Å². The highest BCUT2D eigenvalue weighted by molar-refractivity contribution is 5.93. The fourth-order valence-electron chi connectivity index (χ4n) is 1.34. The molecule has 0 unspecified atom stereocenters. The highest BCUT2D eigenvalue weighted by Crippen LogP contribution is 2.18. The second-order valence-corrected chi connectivity index (χ2v) is 3.77. The molecule has 0 saturated carbocycles. The maximum atomic E-state index is 11.7. The summed E-state index contributed by atoms with van der Waals surface area (Å²) in [5.74, 6) is -0.744. The zero-order valence-corrected chi connectivity index (χ0v) is 11.0. The Hall–Kier alpha value is -2.08. The summed E-state index contributed by atoms with van der Waals surface area (Å²) in [6.07, 6.45) is 0. The van der Waals surface area contributed by atoms with E-state index < -0.39 is 12.6 Å². The van der Waals surface area contributed by atoms with Crippen LogP contribution in [0.25, 0.3) is 0 Å². The Morgan fingerprint density at radius 1 is 1.21 bits per heavy atom. The molecule has 1 aromatic carbocycles. The Labute approximate surface area is 111 Å². The van der Waals surface area contributed by atoms with Gasteiger partial charge in [-0.25, -0.2) is 4.79 Å². The van der Waals surface area contributed by atoms with Crippen LogP contribution in [0.3, 0.4) is 0 Å². The number of aliphatic carboxylic acids is 1. The molecular formula is C13H17NO5. The summed E-state index contributed by atoms with van der Waals surface area (Å²) in [7, 11) is 1.65. The van der Waals surface area contributed by atoms with Crippen LogP contribution in [-0.2, 0) is 14.3 Å². The van der Waals surface area contributed by atoms with Crippen LogP contribution in [0.15, 0.2) is 24.3 Å². The largest absolute Gasteiger partial charge is 0.482 e. The van der Waals surface area contributed by atoms with Gasteiger partial charge >= 0.3 is 5.97 Å². The highest BCUT2D eigenvalue weighted by Gasteiger charge is 2.10. The molecule has 6 nitrogen and oxygen atoms in total. The zero-order valence-electron chi connectivity index (χ0n) is 11.0. The molecule has 0 radical (unpaired) electrons. The number of benzene rings is 1. The van der Waals surface area contributed by atoms with Crippen LogP contribution >= 0.6 is 0 Å². The zero-order chi connectivity index (χ0) is 14.3. The lowest BCUT2D eigenvalue weighted by Crippen LogP contribution is -2.30. The standard InChI is InChI=1S/C13H17NO5/c1-3-18-8-12(15)14(2)10-4-6-11(7-5-10)19-9-13(16)17/h4-7H,3,8-9H2,1-2H3,(H,16,17). The second-order valence-electron chi connectivity index (χ2n) is 3.77. The third-order valence-corrected chi connectivity index (χ3v) is 2.39. The second kappa shape index (κ2) is 7.38. The first kappa shape index (κ1) is 15.0. The van der Waals surface area contributed by atoms with Crippen molar-refractivity contribution < 1.29 is 24.2 Å². The van der Waals surface area contributed by atoms with Crippen molar-refractivity contribution in [3.8, 4) is 5.75 Å². The summed E-state index contributed by atoms with van der Waals surface area (Å²) in [6.45, 7) is 1.95. The van der Waals surface area contributed by atoms with Gasteiger partial charge in [-0.05, 0) is 31.2 Å². The third kappa shape index (κ3) is 4.97. The molecular weight excluding hydrogens is 250 g/mol. The number of carboxylic acids is 1. The van der Waals surface area contributed by atoms with E-state index in [9.17, 15) is 9.59 Å². The van der Waals surface area contributed by atoms with Gasteiger partial charge in [-0.3, -0.25) is 4.79 Å². The lowest BCUT2D eigenvalue weighted by molar-refractivity contribution is -0.139. The number of amides is 1. The van der Waals surface area contributed by atoms with Crippen molar-refractivity contribution in [3.63, 3.8) is 0 Å². The Morgan fingerprint density at radius 2 is 1.84 bits per heavy atom. The highest BCUT2D eigenvalue weighted by atomic mass is 16.5. The number of hydrogen-bond donors (Lipinski definition) is 1. The SMILES string of the molecule is CCOCC(=O)N(C)c1ccc(OCC(=O)O)cc1. The van der Waals surface area contributed by atoms with Crippen molar-refractivity contribution in [2.24, 2.45) is 0 Å². The van der Waals surface area contributed by atoms with Gasteiger partial charge in [0.25, 0.3) is 5.91 Å². The van der Waals surface area contributed by atoms with E-state index in [0.717, 1.165) is 0 Å². The molecule has 0 aliphatic carbocycles. The van der Waals surface area contributed by atoms with E-state index in [2.05, 4.69) is 0 Å². The number of carboxylic acid groups (broad SMARTS) is 1. The molecule has 19 heavy (non-hydrogen) atoms. The molecule has 0 aliphatic heterocycles. The van der Waals surface area contributed by atoms with Crippen LogP contribution in [0.5, 0.6) is 5.75 Å². The lowest BCUT2D eigenvalue weighted by atomic mass is 10.3. The van der Waals surface area contributed by atoms with Gasteiger partial charge < -0.3 is 19.5 Å². The van der Waals surface area contributed by atoms with E-state index in [0.29, 0.717) is 18.0 Å². The van der Waals surface area contributed by atoms with E-state index in [1.807, 2.05) is 6.92 Å². The Balaban J connectivity index is 2.59. The van der Waals surface area contributed by atoms with Gasteiger partial charge in [0.1, 0.15) is 12.4 Å². The van der Waals surface area contributed by atoms with Crippen LogP contribution in [0.2, 0.25) is 0 Å². The molecule has 1 N–H and O–H groups in total. The molecule has 0 saturated heterocycles. The molecule has 0 aliphatic rings.